The number of carboxylic acid groups (broad SMARTS) is 1. The second-order valence-electron chi connectivity index (χ2n) is 11.2. The van der Waals surface area contributed by atoms with Gasteiger partial charge in [-0.15, -0.1) is 11.3 Å². The van der Waals surface area contributed by atoms with Gasteiger partial charge in [-0.25, -0.2) is 15.0 Å². The van der Waals surface area contributed by atoms with Crippen molar-refractivity contribution in [3.8, 4) is 10.6 Å². The Kier molecular flexibility index (Phi) is 11.2. The number of thiophene rings is 1. The maximum absolute atomic E-state index is 13.0. The van der Waals surface area contributed by atoms with Gasteiger partial charge < -0.3 is 14.9 Å². The number of nitrogens with zero attached hydrogens (tertiary/aromatic N) is 5. The van der Waals surface area contributed by atoms with Crippen LogP contribution in [-0.4, -0.2) is 64.0 Å². The summed E-state index contributed by atoms with van der Waals surface area (Å²) >= 11 is 3.18. The van der Waals surface area contributed by atoms with Crippen LogP contribution in [0.4, 0.5) is 10.9 Å². The predicted molar refractivity (Wildman–Crippen MR) is 164 cm³/mol. The van der Waals surface area contributed by atoms with Crippen LogP contribution in [0.25, 0.3) is 10.6 Å². The molecular formula is C29H42N6O3S2. The third-order valence-corrected chi connectivity index (χ3v) is 8.77. The lowest BCUT2D eigenvalue weighted by molar-refractivity contribution is -0.141. The fraction of sp³-hybridized carbons (Fsp3) is 0.552. The lowest BCUT2D eigenvalue weighted by Crippen LogP contribution is -2.30. The molecule has 0 fully saturated rings. The van der Waals surface area contributed by atoms with E-state index in [1.807, 2.05) is 11.9 Å². The summed E-state index contributed by atoms with van der Waals surface area (Å²) in [5, 5.41) is 14.7. The first-order chi connectivity index (χ1) is 18.9. The van der Waals surface area contributed by atoms with E-state index < -0.39 is 11.9 Å². The lowest BCUT2D eigenvalue weighted by Gasteiger charge is -2.30. The maximum Gasteiger partial charge on any atom is 0.306 e. The highest BCUT2D eigenvalue weighted by Crippen LogP contribution is 2.36. The molecule has 0 aromatic carbocycles. The van der Waals surface area contributed by atoms with Crippen molar-refractivity contribution in [2.24, 2.45) is 11.3 Å². The minimum absolute atomic E-state index is 0.192. The van der Waals surface area contributed by atoms with Crippen molar-refractivity contribution >= 4 is 45.5 Å². The van der Waals surface area contributed by atoms with Gasteiger partial charge in [-0.1, -0.05) is 52.4 Å². The summed E-state index contributed by atoms with van der Waals surface area (Å²) in [4.78, 5) is 44.0. The highest BCUT2D eigenvalue weighted by atomic mass is 32.1. The summed E-state index contributed by atoms with van der Waals surface area (Å²) in [5.41, 5.74) is 2.61. The normalized spacial score (nSPS) is 12.5. The molecule has 0 saturated carbocycles. The highest BCUT2D eigenvalue weighted by Gasteiger charge is 2.23. The van der Waals surface area contributed by atoms with E-state index in [1.54, 1.807) is 18.3 Å². The molecule has 3 heterocycles. The van der Waals surface area contributed by atoms with Crippen LogP contribution in [0, 0.1) is 11.3 Å². The Morgan fingerprint density at radius 3 is 2.52 bits per heavy atom. The summed E-state index contributed by atoms with van der Waals surface area (Å²) < 4.78 is 0. The summed E-state index contributed by atoms with van der Waals surface area (Å²) in [6.45, 7) is 12.9. The number of carbonyl (C=O) groups is 2. The Balaban J connectivity index is 1.74. The Hall–Kier alpha value is -2.89. The smallest absolute Gasteiger partial charge is 0.306 e. The lowest BCUT2D eigenvalue weighted by atomic mass is 9.87. The zero-order valence-electron chi connectivity index (χ0n) is 24.7. The van der Waals surface area contributed by atoms with Gasteiger partial charge in [-0.3, -0.25) is 14.9 Å². The summed E-state index contributed by atoms with van der Waals surface area (Å²) in [6, 6.07) is 2.19. The standard InChI is InChI=1S/C29H42N6O3S2/c1-8-11-29(4,5)18-34(6)16-23-25(22-13-20(9-2)17-39-22)32-28(40-23)33-26(36)21-14-31-24(15-30-21)35(7)12-10-19(3)27(37)38/h13-15,17,19H,8-12,16,18H2,1-7H3,(H,37,38)(H,32,33,36). The number of anilines is 2. The molecular weight excluding hydrogens is 544 g/mol. The summed E-state index contributed by atoms with van der Waals surface area (Å²) in [6.07, 6.45) is 6.74. The number of rotatable bonds is 15. The van der Waals surface area contributed by atoms with Crippen molar-refractivity contribution in [2.75, 3.05) is 37.4 Å². The van der Waals surface area contributed by atoms with Gasteiger partial charge in [0, 0.05) is 31.6 Å². The second-order valence-corrected chi connectivity index (χ2v) is 13.2. The van der Waals surface area contributed by atoms with E-state index in [4.69, 9.17) is 10.1 Å². The van der Waals surface area contributed by atoms with Gasteiger partial charge in [0.2, 0.25) is 0 Å². The van der Waals surface area contributed by atoms with E-state index in [-0.39, 0.29) is 17.0 Å². The average Bonchev–Trinajstić information content (AvgIpc) is 3.53. The molecule has 0 aliphatic carbocycles. The van der Waals surface area contributed by atoms with Crippen molar-refractivity contribution < 1.29 is 14.7 Å². The number of thiazole rings is 1. The van der Waals surface area contributed by atoms with E-state index >= 15 is 0 Å². The number of aromatic nitrogens is 3. The SMILES string of the molecule is CCCC(C)(C)CN(C)Cc1sc(NC(=O)c2cnc(N(C)CCC(C)C(=O)O)cn2)nc1-c1cc(CC)cs1. The number of hydrogen-bond donors (Lipinski definition) is 2. The molecule has 1 unspecified atom stereocenters. The van der Waals surface area contributed by atoms with Crippen molar-refractivity contribution in [2.45, 2.75) is 66.8 Å². The topological polar surface area (TPSA) is 112 Å². The van der Waals surface area contributed by atoms with Crippen LogP contribution < -0.4 is 10.2 Å². The first-order valence-electron chi connectivity index (χ1n) is 13.8. The van der Waals surface area contributed by atoms with Crippen LogP contribution in [0.5, 0.6) is 0 Å². The summed E-state index contributed by atoms with van der Waals surface area (Å²) in [5.74, 6) is -1.06. The molecule has 2 N–H and O–H groups in total. The minimum atomic E-state index is -0.822. The Labute approximate surface area is 245 Å². The van der Waals surface area contributed by atoms with Crippen molar-refractivity contribution in [3.63, 3.8) is 0 Å². The molecule has 218 valence electrons. The number of nitrogens with one attached hydrogen (secondary N) is 1. The largest absolute Gasteiger partial charge is 0.481 e. The van der Waals surface area contributed by atoms with Crippen LogP contribution in [-0.2, 0) is 17.8 Å². The van der Waals surface area contributed by atoms with E-state index in [0.717, 1.165) is 47.8 Å². The molecule has 0 bridgehead atoms. The van der Waals surface area contributed by atoms with E-state index in [9.17, 15) is 9.59 Å². The molecule has 3 rings (SSSR count). The van der Waals surface area contributed by atoms with Crippen LogP contribution in [0.15, 0.2) is 23.8 Å². The molecule has 9 nitrogen and oxygen atoms in total. The highest BCUT2D eigenvalue weighted by molar-refractivity contribution is 7.17. The molecule has 11 heteroatoms. The van der Waals surface area contributed by atoms with Crippen molar-refractivity contribution in [1.82, 2.24) is 19.9 Å². The predicted octanol–water partition coefficient (Wildman–Crippen LogP) is 6.28. The quantitative estimate of drug-likeness (QED) is 0.214. The molecule has 1 amide bonds. The number of carboxylic acids is 1. The molecule has 40 heavy (non-hydrogen) atoms. The molecule has 0 radical (unpaired) electrons. The van der Waals surface area contributed by atoms with Gasteiger partial charge >= 0.3 is 5.97 Å². The molecule has 1 atom stereocenters. The zero-order chi connectivity index (χ0) is 29.4. The molecule has 0 aliphatic rings. The van der Waals surface area contributed by atoms with Crippen LogP contribution >= 0.6 is 22.7 Å². The number of amides is 1. The van der Waals surface area contributed by atoms with Crippen LogP contribution in [0.2, 0.25) is 0 Å². The van der Waals surface area contributed by atoms with Crippen molar-refractivity contribution in [3.05, 3.63) is 40.0 Å². The molecule has 0 spiro atoms. The number of aryl methyl sites for hydroxylation is 1. The van der Waals surface area contributed by atoms with E-state index in [2.05, 4.69) is 66.4 Å². The monoisotopic (exact) mass is 586 g/mol. The third kappa shape index (κ3) is 8.81. The molecule has 0 aliphatic heterocycles. The Morgan fingerprint density at radius 1 is 1.18 bits per heavy atom. The molecule has 0 saturated heterocycles. The summed E-state index contributed by atoms with van der Waals surface area (Å²) in [7, 11) is 3.97. The average molecular weight is 587 g/mol. The third-order valence-electron chi connectivity index (χ3n) is 6.83. The van der Waals surface area contributed by atoms with Gasteiger partial charge in [0.15, 0.2) is 5.13 Å². The number of aliphatic carboxylic acids is 1. The van der Waals surface area contributed by atoms with E-state index in [0.29, 0.717) is 23.9 Å². The number of carbonyl (C=O) groups excluding carboxylic acids is 1. The van der Waals surface area contributed by atoms with Crippen LogP contribution in [0.1, 0.15) is 74.8 Å². The van der Waals surface area contributed by atoms with Gasteiger partial charge in [0.25, 0.3) is 5.91 Å². The fourth-order valence-corrected chi connectivity index (χ4v) is 6.73. The maximum atomic E-state index is 13.0. The Morgan fingerprint density at radius 2 is 1.93 bits per heavy atom. The molecule has 3 aromatic rings. The first-order valence-corrected chi connectivity index (χ1v) is 15.4. The first kappa shape index (κ1) is 31.6. The number of hydrogen-bond acceptors (Lipinski definition) is 9. The Bertz CT molecular complexity index is 1270. The van der Waals surface area contributed by atoms with Crippen LogP contribution in [0.3, 0.4) is 0 Å². The second kappa shape index (κ2) is 14.1. The van der Waals surface area contributed by atoms with Crippen molar-refractivity contribution in [1.29, 1.82) is 0 Å². The van der Waals surface area contributed by atoms with E-state index in [1.165, 1.54) is 29.3 Å². The fourth-order valence-electron chi connectivity index (χ4n) is 4.60. The zero-order valence-corrected chi connectivity index (χ0v) is 26.3. The molecule has 3 aromatic heterocycles. The van der Waals surface area contributed by atoms with Gasteiger partial charge in [-0.05, 0) is 48.7 Å². The van der Waals surface area contributed by atoms with Gasteiger partial charge in [0.05, 0.1) is 28.9 Å². The van der Waals surface area contributed by atoms with Gasteiger partial charge in [-0.2, -0.15) is 0 Å². The minimum Gasteiger partial charge on any atom is -0.481 e. The van der Waals surface area contributed by atoms with Gasteiger partial charge in [0.1, 0.15) is 11.5 Å².